The number of benzene rings is 1. The topological polar surface area (TPSA) is 30.9 Å². The second-order valence-electron chi connectivity index (χ2n) is 9.11. The maximum Gasteiger partial charge on any atom is 0.172 e. The van der Waals surface area contributed by atoms with Crippen molar-refractivity contribution in [2.75, 3.05) is 0 Å². The Morgan fingerprint density at radius 3 is 2.11 bits per heavy atom. The standard InChI is InChI=1S/C23H37NO3/c1-8-22(9-2)16-23(25-17(3)18(4)26-23)15-21(6,7)24(22)27-19(5)20-13-11-10-12-14-20/h10-14,17-19H,8-9,15-16H2,1-7H3. The molecule has 3 rings (SSSR count). The molecule has 3 atom stereocenters. The number of hydroxylamine groups is 2. The summed E-state index contributed by atoms with van der Waals surface area (Å²) in [5.41, 5.74) is 0.886. The SMILES string of the molecule is CCC1(CC)CC2(CC(C)(C)N1OC(C)c1ccccc1)OC(C)C(C)O2. The fourth-order valence-electron chi connectivity index (χ4n) is 5.06. The average Bonchev–Trinajstić information content (AvgIpc) is 2.90. The van der Waals surface area contributed by atoms with Crippen molar-refractivity contribution in [1.29, 1.82) is 0 Å². The highest BCUT2D eigenvalue weighted by Crippen LogP contribution is 2.52. The van der Waals surface area contributed by atoms with Crippen molar-refractivity contribution < 1.29 is 14.3 Å². The normalized spacial score (nSPS) is 34.0. The molecule has 0 aliphatic carbocycles. The molecule has 27 heavy (non-hydrogen) atoms. The highest BCUT2D eigenvalue weighted by Gasteiger charge is 2.60. The van der Waals surface area contributed by atoms with Crippen LogP contribution in [-0.2, 0) is 14.3 Å². The zero-order valence-electron chi connectivity index (χ0n) is 18.1. The second-order valence-corrected chi connectivity index (χ2v) is 9.11. The number of hydrogen-bond donors (Lipinski definition) is 0. The van der Waals surface area contributed by atoms with Gasteiger partial charge < -0.3 is 9.47 Å². The molecule has 0 aromatic heterocycles. The van der Waals surface area contributed by atoms with Crippen LogP contribution < -0.4 is 0 Å². The summed E-state index contributed by atoms with van der Waals surface area (Å²) in [5.74, 6) is -0.510. The van der Waals surface area contributed by atoms with Crippen LogP contribution in [0.25, 0.3) is 0 Å². The van der Waals surface area contributed by atoms with Crippen LogP contribution >= 0.6 is 0 Å². The highest BCUT2D eigenvalue weighted by atomic mass is 16.8. The van der Waals surface area contributed by atoms with Gasteiger partial charge >= 0.3 is 0 Å². The lowest BCUT2D eigenvalue weighted by Gasteiger charge is -2.59. The maximum absolute atomic E-state index is 6.67. The zero-order chi connectivity index (χ0) is 19.9. The Labute approximate surface area is 165 Å². The minimum atomic E-state index is -0.510. The van der Waals surface area contributed by atoms with E-state index in [0.717, 1.165) is 25.7 Å². The van der Waals surface area contributed by atoms with Gasteiger partial charge in [-0.15, -0.1) is 0 Å². The minimum absolute atomic E-state index is 0.000243. The molecule has 0 radical (unpaired) electrons. The third-order valence-corrected chi connectivity index (χ3v) is 6.59. The highest BCUT2D eigenvalue weighted by molar-refractivity contribution is 5.17. The summed E-state index contributed by atoms with van der Waals surface area (Å²) < 4.78 is 12.9. The number of ether oxygens (including phenoxy) is 2. The van der Waals surface area contributed by atoms with Gasteiger partial charge in [-0.2, -0.15) is 5.06 Å². The summed E-state index contributed by atoms with van der Waals surface area (Å²) in [4.78, 5) is 6.67. The fourth-order valence-corrected chi connectivity index (χ4v) is 5.06. The van der Waals surface area contributed by atoms with Crippen molar-refractivity contribution in [2.24, 2.45) is 0 Å². The summed E-state index contributed by atoms with van der Waals surface area (Å²) in [6.07, 6.45) is 3.88. The number of nitrogens with zero attached hydrogens (tertiary/aromatic N) is 1. The van der Waals surface area contributed by atoms with E-state index in [1.165, 1.54) is 5.56 Å². The van der Waals surface area contributed by atoms with Gasteiger partial charge in [0, 0.05) is 18.4 Å². The number of hydrogen-bond acceptors (Lipinski definition) is 4. The molecule has 4 heteroatoms. The maximum atomic E-state index is 6.67. The predicted molar refractivity (Wildman–Crippen MR) is 108 cm³/mol. The van der Waals surface area contributed by atoms with Crippen molar-refractivity contribution in [1.82, 2.24) is 5.06 Å². The van der Waals surface area contributed by atoms with E-state index in [9.17, 15) is 0 Å². The average molecular weight is 376 g/mol. The molecule has 2 heterocycles. The Morgan fingerprint density at radius 2 is 1.59 bits per heavy atom. The summed E-state index contributed by atoms with van der Waals surface area (Å²) in [6.45, 7) is 15.4. The van der Waals surface area contributed by atoms with Crippen LogP contribution in [0.3, 0.4) is 0 Å². The van der Waals surface area contributed by atoms with E-state index < -0.39 is 5.79 Å². The van der Waals surface area contributed by atoms with Gasteiger partial charge in [0.25, 0.3) is 0 Å². The van der Waals surface area contributed by atoms with Gasteiger partial charge in [0.15, 0.2) is 5.79 Å². The van der Waals surface area contributed by atoms with Gasteiger partial charge in [0.05, 0.1) is 17.7 Å². The molecule has 0 bridgehead atoms. The molecule has 152 valence electrons. The summed E-state index contributed by atoms with van der Waals surface area (Å²) in [7, 11) is 0. The molecule has 1 aromatic carbocycles. The molecule has 4 nitrogen and oxygen atoms in total. The lowest BCUT2D eigenvalue weighted by molar-refractivity contribution is -0.360. The molecular weight excluding hydrogens is 338 g/mol. The van der Waals surface area contributed by atoms with Gasteiger partial charge in [-0.1, -0.05) is 44.2 Å². The zero-order valence-corrected chi connectivity index (χ0v) is 18.1. The minimum Gasteiger partial charge on any atom is -0.344 e. The van der Waals surface area contributed by atoms with E-state index in [1.54, 1.807) is 0 Å². The van der Waals surface area contributed by atoms with Crippen LogP contribution in [0, 0.1) is 0 Å². The molecular formula is C23H37NO3. The first-order valence-electron chi connectivity index (χ1n) is 10.5. The quantitative estimate of drug-likeness (QED) is 0.667. The van der Waals surface area contributed by atoms with Crippen molar-refractivity contribution in [3.63, 3.8) is 0 Å². The Morgan fingerprint density at radius 1 is 1.04 bits per heavy atom. The number of rotatable bonds is 5. The Bertz CT molecular complexity index is 616. The molecule has 3 unspecified atom stereocenters. The molecule has 2 saturated heterocycles. The first-order chi connectivity index (χ1) is 12.7. The van der Waals surface area contributed by atoms with Crippen molar-refractivity contribution in [3.8, 4) is 0 Å². The predicted octanol–water partition coefficient (Wildman–Crippen LogP) is 5.63. The van der Waals surface area contributed by atoms with Gasteiger partial charge in [-0.3, -0.25) is 4.84 Å². The van der Waals surface area contributed by atoms with E-state index in [-0.39, 0.29) is 29.4 Å². The molecule has 2 aliphatic heterocycles. The first-order valence-corrected chi connectivity index (χ1v) is 10.5. The molecule has 1 aromatic rings. The second kappa shape index (κ2) is 7.47. The summed E-state index contributed by atoms with van der Waals surface area (Å²) in [6, 6.07) is 10.5. The van der Waals surface area contributed by atoms with Crippen LogP contribution in [0.2, 0.25) is 0 Å². The summed E-state index contributed by atoms with van der Waals surface area (Å²) in [5, 5.41) is 2.28. The van der Waals surface area contributed by atoms with Crippen molar-refractivity contribution in [2.45, 2.75) is 109 Å². The van der Waals surface area contributed by atoms with E-state index >= 15 is 0 Å². The van der Waals surface area contributed by atoms with E-state index in [4.69, 9.17) is 14.3 Å². The third-order valence-electron chi connectivity index (χ3n) is 6.59. The molecule has 0 N–H and O–H groups in total. The Hall–Kier alpha value is -0.940. The largest absolute Gasteiger partial charge is 0.344 e. The van der Waals surface area contributed by atoms with Crippen LogP contribution in [0.1, 0.15) is 85.8 Å². The fraction of sp³-hybridized carbons (Fsp3) is 0.739. The lowest BCUT2D eigenvalue weighted by Crippen LogP contribution is -2.67. The molecule has 2 aliphatic rings. The first kappa shape index (κ1) is 20.8. The third kappa shape index (κ3) is 3.82. The smallest absolute Gasteiger partial charge is 0.172 e. The molecule has 2 fully saturated rings. The van der Waals surface area contributed by atoms with E-state index in [1.807, 2.05) is 6.07 Å². The van der Waals surface area contributed by atoms with Crippen LogP contribution in [0.5, 0.6) is 0 Å². The van der Waals surface area contributed by atoms with Crippen molar-refractivity contribution >= 4 is 0 Å². The Kier molecular flexibility index (Phi) is 5.75. The van der Waals surface area contributed by atoms with Crippen molar-refractivity contribution in [3.05, 3.63) is 35.9 Å². The molecule has 1 spiro atoms. The van der Waals surface area contributed by atoms with Crippen LogP contribution in [0.4, 0.5) is 0 Å². The van der Waals surface area contributed by atoms with E-state index in [0.29, 0.717) is 0 Å². The van der Waals surface area contributed by atoms with Gasteiger partial charge in [0.2, 0.25) is 0 Å². The monoisotopic (exact) mass is 375 g/mol. The van der Waals surface area contributed by atoms with Gasteiger partial charge in [-0.05, 0) is 53.0 Å². The van der Waals surface area contributed by atoms with Gasteiger partial charge in [-0.25, -0.2) is 0 Å². The summed E-state index contributed by atoms with van der Waals surface area (Å²) >= 11 is 0. The Balaban J connectivity index is 1.91. The lowest BCUT2D eigenvalue weighted by atomic mass is 9.73. The van der Waals surface area contributed by atoms with Crippen LogP contribution in [0.15, 0.2) is 30.3 Å². The molecule has 0 amide bonds. The van der Waals surface area contributed by atoms with E-state index in [2.05, 4.69) is 77.8 Å². The van der Waals surface area contributed by atoms with Gasteiger partial charge in [0.1, 0.15) is 6.10 Å². The molecule has 0 saturated carbocycles. The van der Waals surface area contributed by atoms with Crippen LogP contribution in [-0.4, -0.2) is 34.1 Å². The number of piperidine rings is 1.